The van der Waals surface area contributed by atoms with Crippen LogP contribution in [0.3, 0.4) is 0 Å². The number of carbonyl (C=O) groups excluding carboxylic acids is 1. The third kappa shape index (κ3) is 3.45. The predicted molar refractivity (Wildman–Crippen MR) is 78.6 cm³/mol. The minimum absolute atomic E-state index is 0.0320. The number of nitrogens with one attached hydrogen (secondary N) is 1. The summed E-state index contributed by atoms with van der Waals surface area (Å²) >= 11 is 0. The Morgan fingerprint density at radius 1 is 1.17 bits per heavy atom. The highest BCUT2D eigenvalue weighted by atomic mass is 19.4. The van der Waals surface area contributed by atoms with Gasteiger partial charge in [-0.2, -0.15) is 13.2 Å². The van der Waals surface area contributed by atoms with Crippen LogP contribution in [0, 0.1) is 0 Å². The van der Waals surface area contributed by atoms with Crippen molar-refractivity contribution in [2.75, 3.05) is 11.9 Å². The van der Waals surface area contributed by atoms with E-state index < -0.39 is 24.3 Å². The Balaban J connectivity index is 1.64. The summed E-state index contributed by atoms with van der Waals surface area (Å²) in [6.07, 6.45) is -2.81. The largest absolute Gasteiger partial charge is 0.453 e. The average Bonchev–Trinajstić information content (AvgIpc) is 2.96. The maximum Gasteiger partial charge on any atom is 0.416 e. The number of hydrogen-bond donors (Lipinski definition) is 1. The summed E-state index contributed by atoms with van der Waals surface area (Å²) in [5.41, 5.74) is -0.264. The SMILES string of the molecule is O=C(COc1nnc2ccccn12)Nc1cccc(C(F)(F)F)c1. The number of anilines is 1. The molecule has 0 unspecified atom stereocenters. The summed E-state index contributed by atoms with van der Waals surface area (Å²) < 4.78 is 44.7. The van der Waals surface area contributed by atoms with Gasteiger partial charge in [-0.05, 0) is 30.3 Å². The van der Waals surface area contributed by atoms with Crippen LogP contribution in [-0.4, -0.2) is 27.1 Å². The fraction of sp³-hybridized carbons (Fsp3) is 0.133. The molecule has 124 valence electrons. The monoisotopic (exact) mass is 336 g/mol. The molecule has 0 bridgehead atoms. The lowest BCUT2D eigenvalue weighted by molar-refractivity contribution is -0.137. The van der Waals surface area contributed by atoms with Gasteiger partial charge in [-0.3, -0.25) is 9.20 Å². The highest BCUT2D eigenvalue weighted by molar-refractivity contribution is 5.91. The second kappa shape index (κ2) is 6.19. The van der Waals surface area contributed by atoms with E-state index in [9.17, 15) is 18.0 Å². The van der Waals surface area contributed by atoms with Gasteiger partial charge in [0.2, 0.25) is 0 Å². The lowest BCUT2D eigenvalue weighted by Crippen LogP contribution is -2.21. The van der Waals surface area contributed by atoms with Crippen molar-refractivity contribution in [3.63, 3.8) is 0 Å². The zero-order chi connectivity index (χ0) is 17.2. The summed E-state index contributed by atoms with van der Waals surface area (Å²) in [4.78, 5) is 11.8. The van der Waals surface area contributed by atoms with Gasteiger partial charge < -0.3 is 10.1 Å². The van der Waals surface area contributed by atoms with Crippen LogP contribution in [0.4, 0.5) is 18.9 Å². The quantitative estimate of drug-likeness (QED) is 0.795. The maximum absolute atomic E-state index is 12.6. The van der Waals surface area contributed by atoms with Crippen LogP contribution >= 0.6 is 0 Å². The zero-order valence-electron chi connectivity index (χ0n) is 12.1. The number of ether oxygens (including phenoxy) is 1. The Bertz CT molecular complexity index is 876. The molecule has 3 rings (SSSR count). The molecule has 1 aromatic carbocycles. The van der Waals surface area contributed by atoms with E-state index >= 15 is 0 Å². The van der Waals surface area contributed by atoms with Crippen molar-refractivity contribution in [3.05, 3.63) is 54.2 Å². The van der Waals surface area contributed by atoms with Crippen molar-refractivity contribution in [2.24, 2.45) is 0 Å². The molecule has 0 aliphatic carbocycles. The van der Waals surface area contributed by atoms with Crippen molar-refractivity contribution in [1.29, 1.82) is 0 Å². The number of fused-ring (bicyclic) bond motifs is 1. The Morgan fingerprint density at radius 2 is 2.00 bits per heavy atom. The van der Waals surface area contributed by atoms with Crippen LogP contribution in [0.25, 0.3) is 5.65 Å². The molecule has 3 aromatic rings. The molecule has 24 heavy (non-hydrogen) atoms. The molecule has 2 heterocycles. The van der Waals surface area contributed by atoms with E-state index in [1.165, 1.54) is 16.5 Å². The minimum atomic E-state index is -4.47. The number of rotatable bonds is 4. The average molecular weight is 336 g/mol. The van der Waals surface area contributed by atoms with Crippen molar-refractivity contribution in [2.45, 2.75) is 6.18 Å². The molecule has 0 saturated heterocycles. The first-order valence-corrected chi connectivity index (χ1v) is 6.83. The number of aromatic nitrogens is 3. The van der Waals surface area contributed by atoms with Gasteiger partial charge in [-0.1, -0.05) is 17.2 Å². The van der Waals surface area contributed by atoms with E-state index in [4.69, 9.17) is 4.74 Å². The van der Waals surface area contributed by atoms with Crippen molar-refractivity contribution in [1.82, 2.24) is 14.6 Å². The molecule has 0 fully saturated rings. The Kier molecular flexibility index (Phi) is 4.07. The number of amides is 1. The van der Waals surface area contributed by atoms with Crippen molar-refractivity contribution >= 4 is 17.2 Å². The number of nitrogens with zero attached hydrogens (tertiary/aromatic N) is 3. The molecule has 0 atom stereocenters. The molecule has 0 aliphatic heterocycles. The number of carbonyl (C=O) groups is 1. The molecular weight excluding hydrogens is 325 g/mol. The maximum atomic E-state index is 12.6. The summed E-state index contributed by atoms with van der Waals surface area (Å²) in [7, 11) is 0. The first kappa shape index (κ1) is 15.8. The summed E-state index contributed by atoms with van der Waals surface area (Å²) in [5, 5.41) is 9.98. The van der Waals surface area contributed by atoms with Gasteiger partial charge in [0.05, 0.1) is 5.56 Å². The second-order valence-corrected chi connectivity index (χ2v) is 4.83. The number of hydrogen-bond acceptors (Lipinski definition) is 4. The van der Waals surface area contributed by atoms with Crippen LogP contribution in [-0.2, 0) is 11.0 Å². The minimum Gasteiger partial charge on any atom is -0.453 e. The topological polar surface area (TPSA) is 68.5 Å². The van der Waals surface area contributed by atoms with Gasteiger partial charge in [0.1, 0.15) is 0 Å². The molecular formula is C15H11F3N4O2. The molecule has 6 nitrogen and oxygen atoms in total. The molecule has 0 aliphatic rings. The van der Waals surface area contributed by atoms with Gasteiger partial charge >= 0.3 is 12.2 Å². The van der Waals surface area contributed by atoms with E-state index in [0.717, 1.165) is 12.1 Å². The highest BCUT2D eigenvalue weighted by Gasteiger charge is 2.30. The third-order valence-corrected chi connectivity index (χ3v) is 3.09. The van der Waals surface area contributed by atoms with Gasteiger partial charge in [-0.25, -0.2) is 0 Å². The molecule has 0 saturated carbocycles. The van der Waals surface area contributed by atoms with Gasteiger partial charge in [0.25, 0.3) is 5.91 Å². The van der Waals surface area contributed by atoms with Crippen molar-refractivity contribution in [3.8, 4) is 6.01 Å². The zero-order valence-corrected chi connectivity index (χ0v) is 12.1. The molecule has 0 radical (unpaired) electrons. The van der Waals surface area contributed by atoms with E-state index in [1.54, 1.807) is 24.4 Å². The Hall–Kier alpha value is -3.10. The predicted octanol–water partition coefficient (Wildman–Crippen LogP) is 2.77. The molecule has 1 N–H and O–H groups in total. The standard InChI is InChI=1S/C15H11F3N4O2/c16-15(17,18)10-4-3-5-11(8-10)19-13(23)9-24-14-21-20-12-6-1-2-7-22(12)14/h1-8H,9H2,(H,19,23). The third-order valence-electron chi connectivity index (χ3n) is 3.09. The lowest BCUT2D eigenvalue weighted by Gasteiger charge is -2.10. The molecule has 0 spiro atoms. The molecule has 1 amide bonds. The second-order valence-electron chi connectivity index (χ2n) is 4.83. The van der Waals surface area contributed by atoms with E-state index in [1.807, 2.05) is 0 Å². The van der Waals surface area contributed by atoms with Crippen LogP contribution < -0.4 is 10.1 Å². The first-order chi connectivity index (χ1) is 11.4. The summed E-state index contributed by atoms with van der Waals surface area (Å²) in [6.45, 7) is -0.411. The fourth-order valence-electron chi connectivity index (χ4n) is 2.02. The smallest absolute Gasteiger partial charge is 0.416 e. The molecule has 9 heteroatoms. The van der Waals surface area contributed by atoms with E-state index in [0.29, 0.717) is 5.65 Å². The van der Waals surface area contributed by atoms with E-state index in [-0.39, 0.29) is 11.7 Å². The van der Waals surface area contributed by atoms with Gasteiger partial charge in [-0.15, -0.1) is 5.10 Å². The van der Waals surface area contributed by atoms with Crippen LogP contribution in [0.5, 0.6) is 6.01 Å². The Labute approximate surface area is 133 Å². The van der Waals surface area contributed by atoms with Crippen LogP contribution in [0.2, 0.25) is 0 Å². The highest BCUT2D eigenvalue weighted by Crippen LogP contribution is 2.30. The fourth-order valence-corrected chi connectivity index (χ4v) is 2.02. The van der Waals surface area contributed by atoms with Crippen LogP contribution in [0.1, 0.15) is 5.56 Å². The molecule has 2 aromatic heterocycles. The Morgan fingerprint density at radius 3 is 2.79 bits per heavy atom. The van der Waals surface area contributed by atoms with Crippen molar-refractivity contribution < 1.29 is 22.7 Å². The summed E-state index contributed by atoms with van der Waals surface area (Å²) in [6, 6.07) is 9.69. The first-order valence-electron chi connectivity index (χ1n) is 6.83. The summed E-state index contributed by atoms with van der Waals surface area (Å²) in [5.74, 6) is -0.609. The normalized spacial score (nSPS) is 11.5. The number of halogens is 3. The number of alkyl halides is 3. The van der Waals surface area contributed by atoms with Crippen LogP contribution in [0.15, 0.2) is 48.7 Å². The van der Waals surface area contributed by atoms with Gasteiger partial charge in [0.15, 0.2) is 12.3 Å². The lowest BCUT2D eigenvalue weighted by atomic mass is 10.2. The van der Waals surface area contributed by atoms with Gasteiger partial charge in [0, 0.05) is 11.9 Å². The van der Waals surface area contributed by atoms with E-state index in [2.05, 4.69) is 15.5 Å². The number of pyridine rings is 1. The number of benzene rings is 1.